The summed E-state index contributed by atoms with van der Waals surface area (Å²) in [6, 6.07) is 23.4. The minimum atomic E-state index is -0.733. The van der Waals surface area contributed by atoms with E-state index in [2.05, 4.69) is 13.8 Å². The normalized spacial score (nSPS) is 11.8. The molecule has 0 aromatic heterocycles. The summed E-state index contributed by atoms with van der Waals surface area (Å²) in [6.45, 7) is 7.29. The van der Waals surface area contributed by atoms with E-state index < -0.39 is 18.0 Å². The quantitative estimate of drug-likeness (QED) is 0.0406. The Morgan fingerprint density at radius 1 is 0.674 bits per heavy atom. The SMILES string of the molecule is CCCCCCCCOC(C)C(=O)Oc1ccc(-c2ccc(OC(=O)/C(C#N)=C/c3ccc(OCCCCCC)cc3)cc2)cc1. The van der Waals surface area contributed by atoms with Crippen LogP contribution >= 0.6 is 0 Å². The van der Waals surface area contributed by atoms with Crippen molar-refractivity contribution >= 4 is 18.0 Å². The number of rotatable bonds is 20. The first-order valence-electron chi connectivity index (χ1n) is 16.5. The zero-order valence-electron chi connectivity index (χ0n) is 27.5. The van der Waals surface area contributed by atoms with Gasteiger partial charge in [-0.3, -0.25) is 0 Å². The molecule has 0 saturated heterocycles. The maximum absolute atomic E-state index is 12.7. The van der Waals surface area contributed by atoms with Crippen molar-refractivity contribution in [3.05, 3.63) is 83.9 Å². The van der Waals surface area contributed by atoms with Gasteiger partial charge in [-0.25, -0.2) is 9.59 Å². The fourth-order valence-corrected chi connectivity index (χ4v) is 4.69. The van der Waals surface area contributed by atoms with Gasteiger partial charge >= 0.3 is 11.9 Å². The highest BCUT2D eigenvalue weighted by atomic mass is 16.6. The number of hydrogen-bond acceptors (Lipinski definition) is 7. The molecule has 3 rings (SSSR count). The number of unbranched alkanes of at least 4 members (excludes halogenated alkanes) is 8. The Labute approximate surface area is 274 Å². The molecule has 0 radical (unpaired) electrons. The van der Waals surface area contributed by atoms with E-state index in [9.17, 15) is 14.9 Å². The van der Waals surface area contributed by atoms with Crippen molar-refractivity contribution in [1.82, 2.24) is 0 Å². The Bertz CT molecular complexity index is 1400. The van der Waals surface area contributed by atoms with E-state index >= 15 is 0 Å². The summed E-state index contributed by atoms with van der Waals surface area (Å²) >= 11 is 0. The van der Waals surface area contributed by atoms with Gasteiger partial charge in [0.1, 0.15) is 28.9 Å². The standard InChI is InChI=1S/C39H47NO6/c1-4-6-8-10-11-13-26-43-30(3)38(41)45-36-22-16-32(17-23-36)33-18-24-37(25-19-33)46-39(42)34(29-40)28-31-14-20-35(21-15-31)44-27-12-9-7-5-2/h14-25,28,30H,4-13,26-27H2,1-3H3/b34-28+. The van der Waals surface area contributed by atoms with Crippen LogP contribution in [0.1, 0.15) is 90.5 Å². The van der Waals surface area contributed by atoms with Gasteiger partial charge in [0.2, 0.25) is 0 Å². The molecule has 0 aliphatic carbocycles. The average molecular weight is 626 g/mol. The number of hydrogen-bond donors (Lipinski definition) is 0. The van der Waals surface area contributed by atoms with Crippen molar-refractivity contribution in [3.63, 3.8) is 0 Å². The second-order valence-corrected chi connectivity index (χ2v) is 11.3. The Kier molecular flexibility index (Phi) is 16.1. The van der Waals surface area contributed by atoms with Gasteiger partial charge in [0, 0.05) is 6.61 Å². The number of esters is 2. The lowest BCUT2D eigenvalue weighted by Crippen LogP contribution is -2.26. The van der Waals surface area contributed by atoms with Crippen LogP contribution < -0.4 is 14.2 Å². The topological polar surface area (TPSA) is 94.9 Å². The third kappa shape index (κ3) is 12.9. The molecule has 46 heavy (non-hydrogen) atoms. The molecule has 7 nitrogen and oxygen atoms in total. The first kappa shape index (κ1) is 36.1. The van der Waals surface area contributed by atoms with Crippen LogP contribution in [0.2, 0.25) is 0 Å². The highest BCUT2D eigenvalue weighted by Crippen LogP contribution is 2.26. The van der Waals surface area contributed by atoms with Crippen LogP contribution in [0.25, 0.3) is 17.2 Å². The fraction of sp³-hybridized carbons (Fsp3) is 0.410. The van der Waals surface area contributed by atoms with Gasteiger partial charge in [-0.1, -0.05) is 102 Å². The molecule has 3 aromatic carbocycles. The van der Waals surface area contributed by atoms with E-state index in [1.54, 1.807) is 43.3 Å². The molecule has 0 aliphatic heterocycles. The van der Waals surface area contributed by atoms with Crippen molar-refractivity contribution in [3.8, 4) is 34.4 Å². The van der Waals surface area contributed by atoms with Gasteiger partial charge in [-0.15, -0.1) is 0 Å². The van der Waals surface area contributed by atoms with Crippen LogP contribution in [0.3, 0.4) is 0 Å². The average Bonchev–Trinajstić information content (AvgIpc) is 3.08. The highest BCUT2D eigenvalue weighted by molar-refractivity contribution is 5.99. The molecule has 0 heterocycles. The van der Waals surface area contributed by atoms with Crippen molar-refractivity contribution in [2.45, 2.75) is 91.1 Å². The highest BCUT2D eigenvalue weighted by Gasteiger charge is 2.16. The summed E-state index contributed by atoms with van der Waals surface area (Å²) in [6.07, 6.45) is 12.4. The number of carbonyl (C=O) groups excluding carboxylic acids is 2. The first-order valence-corrected chi connectivity index (χ1v) is 16.5. The molecule has 0 aliphatic rings. The Balaban J connectivity index is 1.47. The predicted octanol–water partition coefficient (Wildman–Crippen LogP) is 9.50. The minimum absolute atomic E-state index is 0.107. The zero-order chi connectivity index (χ0) is 33.0. The lowest BCUT2D eigenvalue weighted by atomic mass is 10.1. The summed E-state index contributed by atoms with van der Waals surface area (Å²) < 4.78 is 22.4. The lowest BCUT2D eigenvalue weighted by molar-refractivity contribution is -0.146. The molecule has 244 valence electrons. The second kappa shape index (κ2) is 20.6. The molecule has 1 unspecified atom stereocenters. The van der Waals surface area contributed by atoms with Crippen molar-refractivity contribution in [2.75, 3.05) is 13.2 Å². The summed E-state index contributed by atoms with van der Waals surface area (Å²) in [5.41, 5.74) is 2.38. The molecule has 7 heteroatoms. The smallest absolute Gasteiger partial charge is 0.354 e. The first-order chi connectivity index (χ1) is 22.4. The molecular formula is C39H47NO6. The Hall–Kier alpha value is -4.41. The molecule has 0 fully saturated rings. The van der Waals surface area contributed by atoms with Gasteiger partial charge in [-0.2, -0.15) is 5.26 Å². The minimum Gasteiger partial charge on any atom is -0.494 e. The van der Waals surface area contributed by atoms with Crippen molar-refractivity contribution in [2.24, 2.45) is 0 Å². The van der Waals surface area contributed by atoms with E-state index in [4.69, 9.17) is 18.9 Å². The lowest BCUT2D eigenvalue weighted by Gasteiger charge is -2.13. The Morgan fingerprint density at radius 2 is 1.17 bits per heavy atom. The van der Waals surface area contributed by atoms with Crippen LogP contribution in [0, 0.1) is 11.3 Å². The van der Waals surface area contributed by atoms with Gasteiger partial charge in [-0.05, 0) is 78.9 Å². The molecule has 0 N–H and O–H groups in total. The number of nitrogens with zero attached hydrogens (tertiary/aromatic N) is 1. The maximum Gasteiger partial charge on any atom is 0.354 e. The van der Waals surface area contributed by atoms with E-state index in [0.717, 1.165) is 42.6 Å². The predicted molar refractivity (Wildman–Crippen MR) is 182 cm³/mol. The van der Waals surface area contributed by atoms with Crippen LogP contribution in [-0.4, -0.2) is 31.3 Å². The number of nitriles is 1. The van der Waals surface area contributed by atoms with E-state index in [1.165, 1.54) is 44.6 Å². The third-order valence-electron chi connectivity index (χ3n) is 7.47. The molecule has 0 saturated carbocycles. The van der Waals surface area contributed by atoms with Gasteiger partial charge in [0.05, 0.1) is 6.61 Å². The molecular weight excluding hydrogens is 578 g/mol. The number of carbonyl (C=O) groups is 2. The summed E-state index contributed by atoms with van der Waals surface area (Å²) in [4.78, 5) is 25.1. The van der Waals surface area contributed by atoms with Crippen LogP contribution in [0.15, 0.2) is 78.4 Å². The largest absolute Gasteiger partial charge is 0.494 e. The summed E-state index contributed by atoms with van der Waals surface area (Å²) in [5.74, 6) is 0.360. The molecule has 1 atom stereocenters. The molecule has 3 aromatic rings. The number of benzene rings is 3. The second-order valence-electron chi connectivity index (χ2n) is 11.3. The number of ether oxygens (including phenoxy) is 4. The molecule has 0 bridgehead atoms. The third-order valence-corrected chi connectivity index (χ3v) is 7.47. The maximum atomic E-state index is 12.7. The van der Waals surface area contributed by atoms with E-state index in [1.807, 2.05) is 42.5 Å². The van der Waals surface area contributed by atoms with E-state index in [-0.39, 0.29) is 5.57 Å². The monoisotopic (exact) mass is 625 g/mol. The summed E-state index contributed by atoms with van der Waals surface area (Å²) in [5, 5.41) is 9.58. The fourth-order valence-electron chi connectivity index (χ4n) is 4.69. The molecule has 0 spiro atoms. The van der Waals surface area contributed by atoms with Gasteiger partial charge in [0.15, 0.2) is 6.10 Å². The van der Waals surface area contributed by atoms with Crippen LogP contribution in [0.4, 0.5) is 0 Å². The van der Waals surface area contributed by atoms with Gasteiger partial charge in [0.25, 0.3) is 0 Å². The van der Waals surface area contributed by atoms with Crippen LogP contribution in [-0.2, 0) is 14.3 Å². The van der Waals surface area contributed by atoms with E-state index in [0.29, 0.717) is 30.3 Å². The summed E-state index contributed by atoms with van der Waals surface area (Å²) in [7, 11) is 0. The molecule has 0 amide bonds. The van der Waals surface area contributed by atoms with Crippen molar-refractivity contribution in [1.29, 1.82) is 5.26 Å². The zero-order valence-corrected chi connectivity index (χ0v) is 27.5. The van der Waals surface area contributed by atoms with Crippen molar-refractivity contribution < 1.29 is 28.5 Å². The Morgan fingerprint density at radius 3 is 1.76 bits per heavy atom. The van der Waals surface area contributed by atoms with Gasteiger partial charge < -0.3 is 18.9 Å². The van der Waals surface area contributed by atoms with Crippen LogP contribution in [0.5, 0.6) is 17.2 Å².